The second kappa shape index (κ2) is 4.51. The molecule has 1 aliphatic heterocycles. The molecule has 1 N–H and O–H groups in total. The Morgan fingerprint density at radius 2 is 2.19 bits per heavy atom. The van der Waals surface area contributed by atoms with Crippen LogP contribution < -0.4 is 0 Å². The lowest BCUT2D eigenvalue weighted by molar-refractivity contribution is -0.141. The summed E-state index contributed by atoms with van der Waals surface area (Å²) in [6.45, 7) is 7.89. The van der Waals surface area contributed by atoms with Crippen LogP contribution in [0.4, 0.5) is 0 Å². The maximum absolute atomic E-state index is 11.5. The van der Waals surface area contributed by atoms with Gasteiger partial charge in [-0.25, -0.2) is 0 Å². The first-order chi connectivity index (χ1) is 7.19. The summed E-state index contributed by atoms with van der Waals surface area (Å²) in [4.78, 5) is 21.7. The Morgan fingerprint density at radius 1 is 1.62 bits per heavy atom. The molecule has 0 aromatic rings. The van der Waals surface area contributed by atoms with Crippen LogP contribution in [-0.4, -0.2) is 39.8 Å². The molecule has 0 unspecified atom stereocenters. The van der Waals surface area contributed by atoms with E-state index in [0.717, 1.165) is 0 Å². The quantitative estimate of drug-likeness (QED) is 0.590. The average Bonchev–Trinajstić information content (AvgIpc) is 2.45. The van der Waals surface area contributed by atoms with Crippen molar-refractivity contribution in [1.29, 1.82) is 0 Å². The van der Waals surface area contributed by atoms with Crippen molar-refractivity contribution in [1.82, 2.24) is 0 Å². The number of carbonyl (C=O) groups is 1. The number of cyclic esters (lactones) is 1. The van der Waals surface area contributed by atoms with Crippen LogP contribution in [-0.2, 0) is 14.2 Å². The first-order valence-electron chi connectivity index (χ1n) is 5.43. The zero-order valence-electron chi connectivity index (χ0n) is 10.3. The summed E-state index contributed by atoms with van der Waals surface area (Å²) in [7, 11) is 2.80. The van der Waals surface area contributed by atoms with Gasteiger partial charge in [0.05, 0.1) is 12.0 Å². The molecule has 0 bridgehead atoms. The molecule has 1 fully saturated rings. The minimum Gasteiger partial charge on any atom is -0.463 e. The van der Waals surface area contributed by atoms with Crippen molar-refractivity contribution < 1.29 is 19.0 Å². The smallest absolute Gasteiger partial charge is 0.311 e. The number of hydrogen-bond acceptors (Lipinski definition) is 4. The maximum Gasteiger partial charge on any atom is 0.311 e. The van der Waals surface area contributed by atoms with E-state index in [1.807, 2.05) is 26.9 Å². The molecule has 0 aliphatic carbocycles. The monoisotopic (exact) mass is 242 g/mol. The molecule has 1 heterocycles. The van der Waals surface area contributed by atoms with E-state index in [0.29, 0.717) is 6.42 Å². The lowest BCUT2D eigenvalue weighted by Gasteiger charge is -2.37. The van der Waals surface area contributed by atoms with E-state index in [2.05, 4.69) is 0 Å². The topological polar surface area (TPSA) is 55.8 Å². The highest BCUT2D eigenvalue weighted by Gasteiger charge is 2.46. The van der Waals surface area contributed by atoms with Crippen molar-refractivity contribution in [2.75, 3.05) is 6.61 Å². The summed E-state index contributed by atoms with van der Waals surface area (Å²) in [6, 6.07) is 0. The van der Waals surface area contributed by atoms with Gasteiger partial charge in [-0.15, -0.1) is 0 Å². The van der Waals surface area contributed by atoms with Gasteiger partial charge < -0.3 is 14.2 Å². The first-order valence-corrected chi connectivity index (χ1v) is 8.38. The van der Waals surface area contributed by atoms with Crippen molar-refractivity contribution in [2.45, 2.75) is 44.5 Å². The first kappa shape index (κ1) is 13.7. The minimum atomic E-state index is -2.33. The van der Waals surface area contributed by atoms with Gasteiger partial charge in [-0.05, 0) is 24.6 Å². The molecule has 2 radical (unpaired) electrons. The van der Waals surface area contributed by atoms with Crippen molar-refractivity contribution in [3.63, 3.8) is 0 Å². The predicted octanol–water partition coefficient (Wildman–Crippen LogP) is 0.996. The van der Waals surface area contributed by atoms with Gasteiger partial charge in [0.15, 0.2) is 8.32 Å². The number of ether oxygens (including phenoxy) is 1. The van der Waals surface area contributed by atoms with Crippen LogP contribution in [0.15, 0.2) is 0 Å². The fraction of sp³-hybridized carbons (Fsp3) is 0.900. The van der Waals surface area contributed by atoms with Gasteiger partial charge in [0, 0.05) is 0 Å². The molecule has 2 atom stereocenters. The third kappa shape index (κ3) is 2.67. The zero-order chi connectivity index (χ0) is 12.6. The molecule has 0 aromatic carbocycles. The molecule has 0 spiro atoms. The molecule has 0 saturated carbocycles. The molecule has 1 aliphatic rings. The molecule has 0 amide bonds. The average molecular weight is 242 g/mol. The van der Waals surface area contributed by atoms with Crippen LogP contribution >= 0.6 is 0 Å². The minimum absolute atomic E-state index is 0.212. The normalized spacial score (nSPS) is 26.9. The Labute approximate surface area is 98.9 Å². The van der Waals surface area contributed by atoms with Gasteiger partial charge in [0.25, 0.3) is 8.05 Å². The van der Waals surface area contributed by atoms with Crippen molar-refractivity contribution >= 4 is 22.3 Å². The van der Waals surface area contributed by atoms with Gasteiger partial charge in [0.1, 0.15) is 6.61 Å². The number of carbonyl (C=O) groups excluding carboxylic acids is 1. The largest absolute Gasteiger partial charge is 0.463 e. The highest BCUT2D eigenvalue weighted by Crippen LogP contribution is 2.43. The van der Waals surface area contributed by atoms with E-state index in [9.17, 15) is 9.59 Å². The Hall–Kier alpha value is -0.328. The second-order valence-corrected chi connectivity index (χ2v) is 10.0. The van der Waals surface area contributed by atoms with Crippen LogP contribution in [0.2, 0.25) is 18.1 Å². The van der Waals surface area contributed by atoms with Crippen LogP contribution in [0.25, 0.3) is 0 Å². The standard InChI is InChI=1S/C10H19BO4Si/c1-10(2,16(3,4)13)5-7-8(15-11)6-14-9(7)12/h7-8,13H,5-6H2,1-4H3/t7-,8+/m1/s1. The van der Waals surface area contributed by atoms with Gasteiger partial charge >= 0.3 is 5.97 Å². The van der Waals surface area contributed by atoms with Gasteiger partial charge in [0.2, 0.25) is 0 Å². The third-order valence-electron chi connectivity index (χ3n) is 3.70. The van der Waals surface area contributed by atoms with E-state index >= 15 is 0 Å². The molecule has 16 heavy (non-hydrogen) atoms. The maximum atomic E-state index is 11.5. The summed E-state index contributed by atoms with van der Waals surface area (Å²) in [6.07, 6.45) is 0.159. The highest BCUT2D eigenvalue weighted by molar-refractivity contribution is 6.72. The molecule has 4 nitrogen and oxygen atoms in total. The predicted molar refractivity (Wildman–Crippen MR) is 63.4 cm³/mol. The Bertz CT molecular complexity index is 274. The lowest BCUT2D eigenvalue weighted by Crippen LogP contribution is -2.42. The van der Waals surface area contributed by atoms with Gasteiger partial charge in [-0.2, -0.15) is 0 Å². The fourth-order valence-electron chi connectivity index (χ4n) is 1.69. The van der Waals surface area contributed by atoms with Crippen LogP contribution in [0, 0.1) is 5.92 Å². The van der Waals surface area contributed by atoms with Crippen molar-refractivity contribution in [3.8, 4) is 0 Å². The van der Waals surface area contributed by atoms with Gasteiger partial charge in [-0.1, -0.05) is 13.8 Å². The number of esters is 1. The number of rotatable bonds is 4. The van der Waals surface area contributed by atoms with Crippen LogP contribution in [0.1, 0.15) is 20.3 Å². The Morgan fingerprint density at radius 3 is 2.62 bits per heavy atom. The van der Waals surface area contributed by atoms with Gasteiger partial charge in [-0.3, -0.25) is 4.79 Å². The van der Waals surface area contributed by atoms with Crippen molar-refractivity contribution in [2.24, 2.45) is 5.92 Å². The Balaban J connectivity index is 2.76. The number of hydrogen-bond donors (Lipinski definition) is 1. The summed E-state index contributed by atoms with van der Waals surface area (Å²) in [5.41, 5.74) is 0. The van der Waals surface area contributed by atoms with Crippen LogP contribution in [0.3, 0.4) is 0 Å². The summed E-state index contributed by atoms with van der Waals surface area (Å²) >= 11 is 0. The van der Waals surface area contributed by atoms with E-state index in [1.165, 1.54) is 0 Å². The lowest BCUT2D eigenvalue weighted by atomic mass is 9.93. The fourth-order valence-corrected chi connectivity index (χ4v) is 2.41. The molecular weight excluding hydrogens is 223 g/mol. The van der Waals surface area contributed by atoms with E-state index in [-0.39, 0.29) is 29.6 Å². The molecular formula is C10H19BO4Si. The van der Waals surface area contributed by atoms with E-state index in [1.54, 1.807) is 0 Å². The molecule has 90 valence electrons. The zero-order valence-corrected chi connectivity index (χ0v) is 11.3. The Kier molecular flexibility index (Phi) is 3.87. The molecule has 0 aromatic heterocycles. The molecule has 1 saturated heterocycles. The SMILES string of the molecule is [B]O[C@H]1COC(=O)[C@@H]1CC(C)(C)[Si](C)(C)O. The highest BCUT2D eigenvalue weighted by atomic mass is 28.4. The van der Waals surface area contributed by atoms with Crippen molar-refractivity contribution in [3.05, 3.63) is 0 Å². The van der Waals surface area contributed by atoms with E-state index < -0.39 is 8.32 Å². The second-order valence-electron chi connectivity index (χ2n) is 5.56. The van der Waals surface area contributed by atoms with Crippen LogP contribution in [0.5, 0.6) is 0 Å². The summed E-state index contributed by atoms with van der Waals surface area (Å²) in [5, 5.41) is -0.280. The molecule has 6 heteroatoms. The third-order valence-corrected chi connectivity index (χ3v) is 7.22. The van der Waals surface area contributed by atoms with E-state index in [4.69, 9.17) is 17.4 Å². The molecule has 1 rings (SSSR count). The summed E-state index contributed by atoms with van der Waals surface area (Å²) in [5.74, 6) is -0.638. The summed E-state index contributed by atoms with van der Waals surface area (Å²) < 4.78 is 9.66.